The molecule has 0 aromatic heterocycles. The summed E-state index contributed by atoms with van der Waals surface area (Å²) in [5, 5.41) is 0. The van der Waals surface area contributed by atoms with Crippen LogP contribution in [0.4, 0.5) is 0 Å². The predicted molar refractivity (Wildman–Crippen MR) is 68.5 cm³/mol. The van der Waals surface area contributed by atoms with Crippen molar-refractivity contribution in [3.63, 3.8) is 0 Å². The molecule has 1 aliphatic heterocycles. The highest BCUT2D eigenvalue weighted by Crippen LogP contribution is 2.24. The summed E-state index contributed by atoms with van der Waals surface area (Å²) in [4.78, 5) is 2.57. The van der Waals surface area contributed by atoms with Gasteiger partial charge in [-0.15, -0.1) is 0 Å². The van der Waals surface area contributed by atoms with Gasteiger partial charge in [0.2, 0.25) is 0 Å². The third kappa shape index (κ3) is 3.72. The Morgan fingerprint density at radius 2 is 2.12 bits per heavy atom. The second kappa shape index (κ2) is 5.48. The van der Waals surface area contributed by atoms with Gasteiger partial charge in [0.25, 0.3) is 0 Å². The number of methoxy groups -OCH3 is 1. The van der Waals surface area contributed by atoms with Crippen molar-refractivity contribution < 1.29 is 4.74 Å². The van der Waals surface area contributed by atoms with E-state index in [1.54, 1.807) is 7.11 Å². The van der Waals surface area contributed by atoms with Crippen molar-refractivity contribution in [2.45, 2.75) is 70.7 Å². The lowest BCUT2D eigenvalue weighted by Crippen LogP contribution is -2.51. The van der Waals surface area contributed by atoms with Gasteiger partial charge in [0.1, 0.15) is 0 Å². The van der Waals surface area contributed by atoms with Gasteiger partial charge >= 0.3 is 0 Å². The van der Waals surface area contributed by atoms with Crippen molar-refractivity contribution in [2.24, 2.45) is 5.73 Å². The molecule has 0 saturated carbocycles. The van der Waals surface area contributed by atoms with Crippen molar-refractivity contribution >= 4 is 0 Å². The van der Waals surface area contributed by atoms with Crippen LogP contribution >= 0.6 is 0 Å². The number of rotatable bonds is 4. The molecule has 1 heterocycles. The molecular formula is C13H28N2O. The summed E-state index contributed by atoms with van der Waals surface area (Å²) in [5.74, 6) is 0. The second-order valence-corrected chi connectivity index (χ2v) is 5.89. The monoisotopic (exact) mass is 228 g/mol. The minimum atomic E-state index is -0.0291. The average molecular weight is 228 g/mol. The van der Waals surface area contributed by atoms with Crippen molar-refractivity contribution in [2.75, 3.05) is 13.7 Å². The van der Waals surface area contributed by atoms with Crippen LogP contribution in [0.1, 0.15) is 47.0 Å². The van der Waals surface area contributed by atoms with E-state index in [0.29, 0.717) is 18.1 Å². The standard InChI is InChI=1S/C13H28N2O/c1-10-8-12(14)6-7-15(10)11(2)9-13(3,4)16-5/h10-12H,6-9,14H2,1-5H3. The molecule has 16 heavy (non-hydrogen) atoms. The van der Waals surface area contributed by atoms with Gasteiger partial charge < -0.3 is 10.5 Å². The SMILES string of the molecule is COC(C)(C)CC(C)N1CCC(N)CC1C. The topological polar surface area (TPSA) is 38.5 Å². The van der Waals surface area contributed by atoms with Gasteiger partial charge in [0, 0.05) is 31.8 Å². The van der Waals surface area contributed by atoms with E-state index in [4.69, 9.17) is 10.5 Å². The van der Waals surface area contributed by atoms with E-state index < -0.39 is 0 Å². The molecule has 0 amide bonds. The second-order valence-electron chi connectivity index (χ2n) is 5.89. The Kier molecular flexibility index (Phi) is 4.77. The summed E-state index contributed by atoms with van der Waals surface area (Å²) in [6.07, 6.45) is 3.32. The van der Waals surface area contributed by atoms with E-state index in [2.05, 4.69) is 32.6 Å². The number of hydrogen-bond acceptors (Lipinski definition) is 3. The summed E-state index contributed by atoms with van der Waals surface area (Å²) < 4.78 is 5.50. The average Bonchev–Trinajstić information content (AvgIpc) is 2.16. The fraction of sp³-hybridized carbons (Fsp3) is 1.00. The maximum absolute atomic E-state index is 5.99. The first-order valence-electron chi connectivity index (χ1n) is 6.42. The number of piperidine rings is 1. The van der Waals surface area contributed by atoms with E-state index in [-0.39, 0.29) is 5.60 Å². The smallest absolute Gasteiger partial charge is 0.0637 e. The molecule has 0 aromatic rings. The minimum Gasteiger partial charge on any atom is -0.379 e. The zero-order chi connectivity index (χ0) is 12.3. The van der Waals surface area contributed by atoms with Gasteiger partial charge in [-0.3, -0.25) is 4.90 Å². The van der Waals surface area contributed by atoms with E-state index in [1.807, 2.05) is 0 Å². The van der Waals surface area contributed by atoms with Crippen LogP contribution in [-0.4, -0.2) is 42.3 Å². The summed E-state index contributed by atoms with van der Waals surface area (Å²) >= 11 is 0. The summed E-state index contributed by atoms with van der Waals surface area (Å²) in [6, 6.07) is 1.57. The highest BCUT2D eigenvalue weighted by Gasteiger charge is 2.30. The molecule has 1 saturated heterocycles. The Balaban J connectivity index is 2.50. The van der Waals surface area contributed by atoms with Gasteiger partial charge in [-0.25, -0.2) is 0 Å². The van der Waals surface area contributed by atoms with Gasteiger partial charge in [0.15, 0.2) is 0 Å². The predicted octanol–water partition coefficient (Wildman–Crippen LogP) is 2.00. The quantitative estimate of drug-likeness (QED) is 0.800. The summed E-state index contributed by atoms with van der Waals surface area (Å²) in [5.41, 5.74) is 5.96. The van der Waals surface area contributed by atoms with Crippen molar-refractivity contribution in [3.05, 3.63) is 0 Å². The minimum absolute atomic E-state index is 0.0291. The van der Waals surface area contributed by atoms with Gasteiger partial charge in [-0.1, -0.05) is 0 Å². The van der Waals surface area contributed by atoms with Crippen molar-refractivity contribution in [1.29, 1.82) is 0 Å². The largest absolute Gasteiger partial charge is 0.379 e. The fourth-order valence-corrected chi connectivity index (χ4v) is 2.79. The van der Waals surface area contributed by atoms with Crippen LogP contribution < -0.4 is 5.73 Å². The Morgan fingerprint density at radius 1 is 1.50 bits per heavy atom. The molecule has 1 fully saturated rings. The molecular weight excluding hydrogens is 200 g/mol. The molecule has 1 aliphatic rings. The van der Waals surface area contributed by atoms with Crippen molar-refractivity contribution in [3.8, 4) is 0 Å². The highest BCUT2D eigenvalue weighted by molar-refractivity contribution is 4.86. The number of nitrogens with two attached hydrogens (primary N) is 1. The van der Waals surface area contributed by atoms with E-state index in [9.17, 15) is 0 Å². The molecule has 0 radical (unpaired) electrons. The molecule has 1 rings (SSSR count). The number of nitrogens with zero attached hydrogens (tertiary/aromatic N) is 1. The molecule has 0 aliphatic carbocycles. The summed E-state index contributed by atoms with van der Waals surface area (Å²) in [7, 11) is 1.79. The lowest BCUT2D eigenvalue weighted by atomic mass is 9.93. The van der Waals surface area contributed by atoms with Gasteiger partial charge in [-0.05, 0) is 47.0 Å². The van der Waals surface area contributed by atoms with E-state index in [1.165, 1.54) is 0 Å². The maximum Gasteiger partial charge on any atom is 0.0637 e. The molecule has 2 N–H and O–H groups in total. The Hall–Kier alpha value is -0.120. The van der Waals surface area contributed by atoms with Crippen molar-refractivity contribution in [1.82, 2.24) is 4.90 Å². The van der Waals surface area contributed by atoms with Crippen LogP contribution in [0.2, 0.25) is 0 Å². The highest BCUT2D eigenvalue weighted by atomic mass is 16.5. The van der Waals surface area contributed by atoms with Crippen LogP contribution in [0.5, 0.6) is 0 Å². The first-order chi connectivity index (χ1) is 7.35. The third-order valence-electron chi connectivity index (χ3n) is 3.87. The molecule has 3 atom stereocenters. The zero-order valence-corrected chi connectivity index (χ0v) is 11.5. The molecule has 0 bridgehead atoms. The normalized spacial score (nSPS) is 30.4. The van der Waals surface area contributed by atoms with Gasteiger partial charge in [-0.2, -0.15) is 0 Å². The van der Waals surface area contributed by atoms with E-state index >= 15 is 0 Å². The van der Waals surface area contributed by atoms with Gasteiger partial charge in [0.05, 0.1) is 5.60 Å². The zero-order valence-electron chi connectivity index (χ0n) is 11.5. The number of hydrogen-bond donors (Lipinski definition) is 1. The molecule has 0 aromatic carbocycles. The Labute approximate surface area is 100 Å². The number of likely N-dealkylation sites (tertiary alicyclic amines) is 1. The van der Waals surface area contributed by atoms with Crippen LogP contribution in [0.25, 0.3) is 0 Å². The van der Waals surface area contributed by atoms with Crippen LogP contribution in [0.15, 0.2) is 0 Å². The molecule has 0 spiro atoms. The van der Waals surface area contributed by atoms with E-state index in [0.717, 1.165) is 25.8 Å². The lowest BCUT2D eigenvalue weighted by molar-refractivity contribution is -0.0167. The molecule has 3 unspecified atom stereocenters. The molecule has 96 valence electrons. The molecule has 3 nitrogen and oxygen atoms in total. The first-order valence-corrected chi connectivity index (χ1v) is 6.42. The molecule has 3 heteroatoms. The third-order valence-corrected chi connectivity index (χ3v) is 3.87. The Bertz CT molecular complexity index is 218. The van der Waals surface area contributed by atoms with Crippen LogP contribution in [0, 0.1) is 0 Å². The van der Waals surface area contributed by atoms with Crippen LogP contribution in [-0.2, 0) is 4.74 Å². The Morgan fingerprint density at radius 3 is 2.62 bits per heavy atom. The maximum atomic E-state index is 5.99. The first kappa shape index (κ1) is 13.9. The lowest BCUT2D eigenvalue weighted by Gasteiger charge is -2.42. The summed E-state index contributed by atoms with van der Waals surface area (Å²) in [6.45, 7) is 10.0. The van der Waals surface area contributed by atoms with Crippen LogP contribution in [0.3, 0.4) is 0 Å². The fourth-order valence-electron chi connectivity index (χ4n) is 2.79. The number of ether oxygens (including phenoxy) is 1.